The Morgan fingerprint density at radius 1 is 1.09 bits per heavy atom. The van der Waals surface area contributed by atoms with E-state index in [1.54, 1.807) is 17.5 Å². The molecule has 0 aliphatic carbocycles. The lowest BCUT2D eigenvalue weighted by Gasteiger charge is -2.33. The molecule has 1 aromatic carbocycles. The van der Waals surface area contributed by atoms with Crippen molar-refractivity contribution in [2.24, 2.45) is 5.92 Å². The van der Waals surface area contributed by atoms with E-state index in [9.17, 15) is 13.2 Å². The predicted octanol–water partition coefficient (Wildman–Crippen LogP) is 1.73. The van der Waals surface area contributed by atoms with Gasteiger partial charge >= 0.3 is 0 Å². The van der Waals surface area contributed by atoms with Crippen molar-refractivity contribution in [3.63, 3.8) is 0 Å². The number of hydrogen-bond acceptors (Lipinski definition) is 7. The molecule has 3 heterocycles. The first-order chi connectivity index (χ1) is 16.5. The highest BCUT2D eigenvalue weighted by Crippen LogP contribution is 2.33. The maximum atomic E-state index is 12.7. The van der Waals surface area contributed by atoms with E-state index < -0.39 is 10.0 Å². The van der Waals surface area contributed by atoms with Gasteiger partial charge in [0.05, 0.1) is 17.4 Å². The van der Waals surface area contributed by atoms with Crippen molar-refractivity contribution < 1.29 is 27.4 Å². The van der Waals surface area contributed by atoms with E-state index in [0.29, 0.717) is 62.2 Å². The third kappa shape index (κ3) is 6.41. The third-order valence-corrected chi connectivity index (χ3v) is 9.03. The molecule has 2 saturated heterocycles. The summed E-state index contributed by atoms with van der Waals surface area (Å²) in [6.45, 7) is 5.34. The number of amides is 1. The maximum Gasteiger partial charge on any atom is 0.255 e. The molecule has 0 atom stereocenters. The number of benzene rings is 1. The minimum atomic E-state index is -3.19. The number of nitrogens with one attached hydrogen (secondary N) is 1. The number of rotatable bonds is 9. The van der Waals surface area contributed by atoms with Crippen LogP contribution in [-0.4, -0.2) is 95.0 Å². The number of ether oxygens (including phenoxy) is 3. The molecule has 3 aliphatic rings. The van der Waals surface area contributed by atoms with Crippen molar-refractivity contribution in [1.82, 2.24) is 14.5 Å². The van der Waals surface area contributed by atoms with E-state index in [-0.39, 0.29) is 17.8 Å². The van der Waals surface area contributed by atoms with E-state index in [1.807, 2.05) is 12.1 Å². The number of carbonyl (C=O) groups is 1. The molecular formula is C24H37N3O6S. The van der Waals surface area contributed by atoms with Gasteiger partial charge in [0.1, 0.15) is 13.2 Å². The van der Waals surface area contributed by atoms with Gasteiger partial charge in [0.15, 0.2) is 11.5 Å². The molecule has 1 aromatic rings. The van der Waals surface area contributed by atoms with Crippen LogP contribution in [0, 0.1) is 5.92 Å². The van der Waals surface area contributed by atoms with Gasteiger partial charge in [-0.1, -0.05) is 6.07 Å². The first-order valence-electron chi connectivity index (χ1n) is 12.4. The molecule has 0 aromatic heterocycles. The van der Waals surface area contributed by atoms with E-state index in [0.717, 1.165) is 45.3 Å². The summed E-state index contributed by atoms with van der Waals surface area (Å²) in [6.07, 6.45) is 4.35. The fourth-order valence-electron chi connectivity index (χ4n) is 4.94. The zero-order chi connectivity index (χ0) is 24.0. The van der Waals surface area contributed by atoms with Gasteiger partial charge in [-0.3, -0.25) is 4.79 Å². The number of carbonyl (C=O) groups excluding carboxylic acids is 1. The summed E-state index contributed by atoms with van der Waals surface area (Å²) >= 11 is 0. The summed E-state index contributed by atoms with van der Waals surface area (Å²) in [5, 5.41) is 3.05. The summed E-state index contributed by atoms with van der Waals surface area (Å²) in [5.41, 5.74) is 0.516. The quantitative estimate of drug-likeness (QED) is 0.557. The summed E-state index contributed by atoms with van der Waals surface area (Å²) < 4.78 is 43.4. The number of likely N-dealkylation sites (tertiary alicyclic amines) is 1. The second-order valence-corrected chi connectivity index (χ2v) is 11.4. The fraction of sp³-hybridized carbons (Fsp3) is 0.708. The molecule has 190 valence electrons. The summed E-state index contributed by atoms with van der Waals surface area (Å²) in [5.74, 6) is 1.63. The third-order valence-electron chi connectivity index (χ3n) is 7.07. The summed E-state index contributed by atoms with van der Waals surface area (Å²) in [6, 6.07) is 5.39. The molecule has 3 aliphatic heterocycles. The fourth-order valence-corrected chi connectivity index (χ4v) is 6.46. The van der Waals surface area contributed by atoms with Crippen LogP contribution in [0.5, 0.6) is 11.5 Å². The second-order valence-electron chi connectivity index (χ2n) is 9.33. The number of sulfonamides is 1. The predicted molar refractivity (Wildman–Crippen MR) is 129 cm³/mol. The van der Waals surface area contributed by atoms with Crippen molar-refractivity contribution >= 4 is 15.9 Å². The molecule has 34 heavy (non-hydrogen) atoms. The molecular weight excluding hydrogens is 458 g/mol. The Labute approximate surface area is 202 Å². The molecule has 0 unspecified atom stereocenters. The van der Waals surface area contributed by atoms with Crippen LogP contribution in [0.4, 0.5) is 0 Å². The average molecular weight is 496 g/mol. The van der Waals surface area contributed by atoms with Gasteiger partial charge in [-0.05, 0) is 69.8 Å². The van der Waals surface area contributed by atoms with Crippen molar-refractivity contribution in [2.45, 2.75) is 38.2 Å². The molecule has 10 heteroatoms. The molecule has 0 spiro atoms. The number of hydrogen-bond donors (Lipinski definition) is 1. The Hall–Kier alpha value is -1.88. The van der Waals surface area contributed by atoms with Gasteiger partial charge in [0.25, 0.3) is 5.91 Å². The normalized spacial score (nSPS) is 20.9. The van der Waals surface area contributed by atoms with Crippen molar-refractivity contribution in [3.8, 4) is 11.5 Å². The van der Waals surface area contributed by atoms with Crippen LogP contribution in [0.25, 0.3) is 0 Å². The largest absolute Gasteiger partial charge is 0.486 e. The van der Waals surface area contributed by atoms with Gasteiger partial charge in [-0.25, -0.2) is 12.7 Å². The monoisotopic (exact) mass is 495 g/mol. The number of fused-ring (bicyclic) bond motifs is 1. The first kappa shape index (κ1) is 25.2. The Balaban J connectivity index is 1.14. The van der Waals surface area contributed by atoms with Gasteiger partial charge in [-0.15, -0.1) is 0 Å². The maximum absolute atomic E-state index is 12.7. The van der Waals surface area contributed by atoms with E-state index in [4.69, 9.17) is 14.2 Å². The molecule has 0 radical (unpaired) electrons. The zero-order valence-electron chi connectivity index (χ0n) is 20.0. The smallest absolute Gasteiger partial charge is 0.255 e. The highest BCUT2D eigenvalue weighted by atomic mass is 32.2. The van der Waals surface area contributed by atoms with Crippen LogP contribution >= 0.6 is 0 Å². The minimum Gasteiger partial charge on any atom is -0.486 e. The van der Waals surface area contributed by atoms with E-state index in [2.05, 4.69) is 10.2 Å². The Kier molecular flexibility index (Phi) is 8.68. The standard InChI is InChI=1S/C24H37N3O6S/c1-31-20-8-13-27(14-9-20)34(29,30)17-3-10-26-11-6-19(7-12-26)18-25-24(28)21-4-2-5-22-23(21)33-16-15-32-22/h2,4-5,19-20H,3,6-18H2,1H3,(H,25,28). The van der Waals surface area contributed by atoms with Crippen LogP contribution in [0.3, 0.4) is 0 Å². The van der Waals surface area contributed by atoms with Crippen molar-refractivity contribution in [1.29, 1.82) is 0 Å². The Bertz CT molecular complexity index is 925. The number of piperidine rings is 2. The SMILES string of the molecule is COC1CCN(S(=O)(=O)CCCN2CCC(CNC(=O)c3cccc4c3OCCO4)CC2)CC1. The van der Waals surface area contributed by atoms with Crippen molar-refractivity contribution in [3.05, 3.63) is 23.8 Å². The van der Waals surface area contributed by atoms with Crippen molar-refractivity contribution in [2.75, 3.05) is 65.3 Å². The highest BCUT2D eigenvalue weighted by molar-refractivity contribution is 7.89. The van der Waals surface area contributed by atoms with Gasteiger partial charge in [0, 0.05) is 26.7 Å². The van der Waals surface area contributed by atoms with Gasteiger partial charge < -0.3 is 24.4 Å². The lowest BCUT2D eigenvalue weighted by Crippen LogP contribution is -2.42. The number of para-hydroxylation sites is 1. The molecule has 0 saturated carbocycles. The lowest BCUT2D eigenvalue weighted by molar-refractivity contribution is 0.0604. The van der Waals surface area contributed by atoms with Crippen LogP contribution < -0.4 is 14.8 Å². The van der Waals surface area contributed by atoms with E-state index in [1.165, 1.54) is 0 Å². The van der Waals surface area contributed by atoms with Gasteiger partial charge in [0.2, 0.25) is 10.0 Å². The molecule has 0 bridgehead atoms. The minimum absolute atomic E-state index is 0.135. The highest BCUT2D eigenvalue weighted by Gasteiger charge is 2.28. The second kappa shape index (κ2) is 11.7. The van der Waals surface area contributed by atoms with Gasteiger partial charge in [-0.2, -0.15) is 0 Å². The molecule has 2 fully saturated rings. The van der Waals surface area contributed by atoms with Crippen LogP contribution in [0.1, 0.15) is 42.5 Å². The first-order valence-corrected chi connectivity index (χ1v) is 14.0. The van der Waals surface area contributed by atoms with Crippen LogP contribution in [-0.2, 0) is 14.8 Å². The number of nitrogens with zero attached hydrogens (tertiary/aromatic N) is 2. The average Bonchev–Trinajstić information content (AvgIpc) is 2.87. The summed E-state index contributed by atoms with van der Waals surface area (Å²) in [7, 11) is -1.51. The van der Waals surface area contributed by atoms with E-state index >= 15 is 0 Å². The molecule has 1 N–H and O–H groups in total. The molecule has 9 nitrogen and oxygen atoms in total. The summed E-state index contributed by atoms with van der Waals surface area (Å²) in [4.78, 5) is 15.0. The lowest BCUT2D eigenvalue weighted by atomic mass is 9.96. The van der Waals surface area contributed by atoms with Crippen LogP contribution in [0.15, 0.2) is 18.2 Å². The Morgan fingerprint density at radius 3 is 2.56 bits per heavy atom. The number of methoxy groups -OCH3 is 1. The van der Waals surface area contributed by atoms with Crippen LogP contribution in [0.2, 0.25) is 0 Å². The topological polar surface area (TPSA) is 97.4 Å². The zero-order valence-corrected chi connectivity index (χ0v) is 20.9. The molecule has 4 rings (SSSR count). The molecule has 1 amide bonds. The Morgan fingerprint density at radius 2 is 1.82 bits per heavy atom.